The third-order valence-corrected chi connectivity index (χ3v) is 11.5. The van der Waals surface area contributed by atoms with E-state index in [9.17, 15) is 19.0 Å². The van der Waals surface area contributed by atoms with Gasteiger partial charge in [0.2, 0.25) is 0 Å². The quantitative estimate of drug-likeness (QED) is 0.156. The molecule has 0 aliphatic rings. The molecule has 2 aromatic carbocycles. The Labute approximate surface area is 169 Å². The first-order valence-corrected chi connectivity index (χ1v) is 14.4. The zero-order valence-corrected chi connectivity index (χ0v) is 18.8. The van der Waals surface area contributed by atoms with Gasteiger partial charge in [-0.05, 0) is 0 Å². The molecular formula is C13H13As2N2NaO4S. The maximum atomic E-state index is 10.6. The van der Waals surface area contributed by atoms with Crippen LogP contribution in [-0.2, 0) is 11.1 Å². The van der Waals surface area contributed by atoms with Gasteiger partial charge in [-0.15, -0.1) is 0 Å². The molecule has 0 radical (unpaired) electrons. The van der Waals surface area contributed by atoms with E-state index in [0.717, 1.165) is 8.70 Å². The minimum Gasteiger partial charge on any atom is 1.00 e. The molecule has 0 saturated heterocycles. The summed E-state index contributed by atoms with van der Waals surface area (Å²) in [6, 6.07) is 10.4. The zero-order valence-electron chi connectivity index (χ0n) is 12.3. The van der Waals surface area contributed by atoms with Crippen LogP contribution in [0.1, 0.15) is 0 Å². The van der Waals surface area contributed by atoms with Crippen molar-refractivity contribution in [2.24, 2.45) is 0 Å². The van der Waals surface area contributed by atoms with Gasteiger partial charge in [0.1, 0.15) is 0 Å². The van der Waals surface area contributed by atoms with Crippen LogP contribution in [0.15, 0.2) is 36.4 Å². The van der Waals surface area contributed by atoms with Crippen molar-refractivity contribution in [3.05, 3.63) is 36.4 Å². The summed E-state index contributed by atoms with van der Waals surface area (Å²) in [4.78, 5) is 0. The molecule has 23 heavy (non-hydrogen) atoms. The second-order valence-electron chi connectivity index (χ2n) is 4.27. The van der Waals surface area contributed by atoms with E-state index in [-0.39, 0.29) is 73.2 Å². The Morgan fingerprint density at radius 1 is 1.09 bits per heavy atom. The number of nitrogen functional groups attached to an aromatic ring is 1. The van der Waals surface area contributed by atoms with Crippen molar-refractivity contribution in [2.75, 3.05) is 16.9 Å². The van der Waals surface area contributed by atoms with Crippen LogP contribution in [0.5, 0.6) is 11.5 Å². The van der Waals surface area contributed by atoms with Crippen LogP contribution >= 0.6 is 0 Å². The van der Waals surface area contributed by atoms with Gasteiger partial charge in [0.05, 0.1) is 0 Å². The Bertz CT molecular complexity index is 746. The molecule has 6 nitrogen and oxygen atoms in total. The Kier molecular flexibility index (Phi) is 9.09. The SMILES string of the molecule is Nc1cc([As]=[As]c2ccc(O)c(NCS(=O)[O-])c2)ccc1O.[Na+]. The van der Waals surface area contributed by atoms with E-state index in [1.807, 2.05) is 12.1 Å². The molecule has 116 valence electrons. The summed E-state index contributed by atoms with van der Waals surface area (Å²) in [5.41, 5.74) is 6.47. The Morgan fingerprint density at radius 3 is 2.22 bits per heavy atom. The summed E-state index contributed by atoms with van der Waals surface area (Å²) in [6.07, 6.45) is 0. The van der Waals surface area contributed by atoms with Crippen LogP contribution in [0.4, 0.5) is 11.4 Å². The maximum absolute atomic E-state index is 10.6. The van der Waals surface area contributed by atoms with E-state index in [4.69, 9.17) is 5.73 Å². The fourth-order valence-electron chi connectivity index (χ4n) is 1.58. The first-order valence-electron chi connectivity index (χ1n) is 6.08. The van der Waals surface area contributed by atoms with Gasteiger partial charge in [-0.1, -0.05) is 0 Å². The van der Waals surface area contributed by atoms with Crippen LogP contribution < -0.4 is 49.3 Å². The molecule has 5 N–H and O–H groups in total. The second-order valence-corrected chi connectivity index (χ2v) is 12.5. The van der Waals surface area contributed by atoms with Crippen molar-refractivity contribution in [3.8, 4) is 11.5 Å². The molecular weight excluding hydrogens is 453 g/mol. The van der Waals surface area contributed by atoms with Gasteiger partial charge < -0.3 is 0 Å². The van der Waals surface area contributed by atoms with Crippen LogP contribution in [-0.4, -0.2) is 51.1 Å². The van der Waals surface area contributed by atoms with Crippen molar-refractivity contribution in [1.82, 2.24) is 0 Å². The molecule has 1 unspecified atom stereocenters. The van der Waals surface area contributed by atoms with Gasteiger partial charge in [0.15, 0.2) is 0 Å². The van der Waals surface area contributed by atoms with Gasteiger partial charge in [0.25, 0.3) is 0 Å². The van der Waals surface area contributed by atoms with Gasteiger partial charge in [-0.25, -0.2) is 0 Å². The Morgan fingerprint density at radius 2 is 1.65 bits per heavy atom. The van der Waals surface area contributed by atoms with E-state index in [1.165, 1.54) is 0 Å². The van der Waals surface area contributed by atoms with E-state index in [1.54, 1.807) is 24.3 Å². The first kappa shape index (κ1) is 20.9. The number of hydrogen-bond donors (Lipinski definition) is 4. The molecule has 0 spiro atoms. The molecule has 2 aromatic rings. The predicted octanol–water partition coefficient (Wildman–Crippen LogP) is -3.79. The smallest absolute Gasteiger partial charge is 1.00 e. The van der Waals surface area contributed by atoms with Crippen molar-refractivity contribution >= 4 is 57.4 Å². The van der Waals surface area contributed by atoms with Crippen molar-refractivity contribution in [3.63, 3.8) is 0 Å². The summed E-state index contributed by atoms with van der Waals surface area (Å²) < 4.78 is 23.3. The summed E-state index contributed by atoms with van der Waals surface area (Å²) >= 11 is -2.44. The average molecular weight is 466 g/mol. The zero-order chi connectivity index (χ0) is 16.1. The third kappa shape index (κ3) is 6.71. The summed E-state index contributed by atoms with van der Waals surface area (Å²) in [5.74, 6) is -0.126. The van der Waals surface area contributed by atoms with Crippen LogP contribution in [0, 0.1) is 0 Å². The molecule has 0 aliphatic carbocycles. The van der Waals surface area contributed by atoms with E-state index >= 15 is 0 Å². The topological polar surface area (TPSA) is 119 Å². The van der Waals surface area contributed by atoms with Crippen molar-refractivity contribution in [1.29, 1.82) is 0 Å². The summed E-state index contributed by atoms with van der Waals surface area (Å²) in [6.45, 7) is 0. The normalized spacial score (nSPS) is 11.9. The molecule has 0 saturated carbocycles. The number of phenols is 2. The Balaban J connectivity index is 0.00000264. The van der Waals surface area contributed by atoms with E-state index in [0.29, 0.717) is 11.4 Å². The van der Waals surface area contributed by atoms with Gasteiger partial charge in [0, 0.05) is 0 Å². The minimum atomic E-state index is -2.22. The summed E-state index contributed by atoms with van der Waals surface area (Å²) in [5, 5.41) is 21.8. The number of benzene rings is 2. The molecule has 0 amide bonds. The van der Waals surface area contributed by atoms with E-state index < -0.39 is 11.1 Å². The number of aromatic hydroxyl groups is 2. The minimum absolute atomic E-state index is 0. The fourth-order valence-corrected chi connectivity index (χ4v) is 8.97. The number of phenolic OH excluding ortho intramolecular Hbond substituents is 2. The standard InChI is InChI=1S/C13H14As2N2O4S.Na/c16-10-5-8(1-3-12(10)18)14-15-9-2-4-13(19)11(6-9)17-7-22(20)21;/h1-6,17-19H,7,16H2,(H,20,21);/q;+1/p-1. The molecule has 0 aliphatic heterocycles. The van der Waals surface area contributed by atoms with Gasteiger partial charge in [-0.2, -0.15) is 0 Å². The summed E-state index contributed by atoms with van der Waals surface area (Å²) in [7, 11) is 0. The third-order valence-electron chi connectivity index (χ3n) is 2.65. The van der Waals surface area contributed by atoms with Crippen LogP contribution in [0.2, 0.25) is 0 Å². The monoisotopic (exact) mass is 466 g/mol. The average Bonchev–Trinajstić information content (AvgIpc) is 2.48. The predicted molar refractivity (Wildman–Crippen MR) is 88.8 cm³/mol. The fraction of sp³-hybridized carbons (Fsp3) is 0.0769. The van der Waals surface area contributed by atoms with Gasteiger partial charge >= 0.3 is 171 Å². The largest absolute Gasteiger partial charge is 1.00 e. The molecule has 0 heterocycles. The molecule has 2 rings (SSSR count). The second kappa shape index (κ2) is 9.99. The Hall–Kier alpha value is -0.133. The molecule has 0 fully saturated rings. The number of rotatable bonds is 5. The van der Waals surface area contributed by atoms with Crippen LogP contribution in [0.25, 0.3) is 0 Å². The maximum Gasteiger partial charge on any atom is 1.00 e. The molecule has 1 atom stereocenters. The molecule has 0 bridgehead atoms. The van der Waals surface area contributed by atoms with Gasteiger partial charge in [-0.3, -0.25) is 0 Å². The van der Waals surface area contributed by atoms with Crippen molar-refractivity contribution in [2.45, 2.75) is 0 Å². The number of hydrogen-bond acceptors (Lipinski definition) is 6. The molecule has 0 aromatic heterocycles. The number of anilines is 2. The van der Waals surface area contributed by atoms with E-state index in [2.05, 4.69) is 5.32 Å². The van der Waals surface area contributed by atoms with Crippen molar-refractivity contribution < 1.29 is 48.5 Å². The number of nitrogens with two attached hydrogens (primary N) is 1. The first-order chi connectivity index (χ1) is 10.5. The molecule has 10 heteroatoms. The number of nitrogens with one attached hydrogen (secondary N) is 1. The van der Waals surface area contributed by atoms with Crippen LogP contribution in [0.3, 0.4) is 0 Å².